The largest absolute Gasteiger partial charge is 0.496 e. The molecular formula is C16H25N3O2. The first-order valence-corrected chi connectivity index (χ1v) is 7.46. The Morgan fingerprint density at radius 3 is 2.95 bits per heavy atom. The highest BCUT2D eigenvalue weighted by Gasteiger charge is 2.23. The van der Waals surface area contributed by atoms with Crippen LogP contribution in [0.5, 0.6) is 5.75 Å². The number of nitrogens with zero attached hydrogens (tertiary/aromatic N) is 1. The smallest absolute Gasteiger partial charge is 0.234 e. The molecule has 1 aromatic rings. The lowest BCUT2D eigenvalue weighted by Crippen LogP contribution is -2.56. The van der Waals surface area contributed by atoms with Crippen molar-refractivity contribution in [1.29, 1.82) is 0 Å². The van der Waals surface area contributed by atoms with Gasteiger partial charge in [0.05, 0.1) is 13.7 Å². The van der Waals surface area contributed by atoms with Gasteiger partial charge in [0.1, 0.15) is 5.75 Å². The van der Waals surface area contributed by atoms with Crippen LogP contribution >= 0.6 is 0 Å². The van der Waals surface area contributed by atoms with Crippen molar-refractivity contribution in [3.05, 3.63) is 29.8 Å². The maximum atomic E-state index is 12.1. The summed E-state index contributed by atoms with van der Waals surface area (Å²) in [5, 5.41) is 6.39. The molecule has 2 atom stereocenters. The monoisotopic (exact) mass is 291 g/mol. The Morgan fingerprint density at radius 2 is 2.19 bits per heavy atom. The Labute approximate surface area is 126 Å². The zero-order valence-corrected chi connectivity index (χ0v) is 13.1. The van der Waals surface area contributed by atoms with E-state index in [1.165, 1.54) is 0 Å². The van der Waals surface area contributed by atoms with E-state index in [9.17, 15) is 4.79 Å². The lowest BCUT2D eigenvalue weighted by molar-refractivity contribution is -0.123. The molecule has 1 aliphatic rings. The van der Waals surface area contributed by atoms with Crippen molar-refractivity contribution in [3.8, 4) is 5.75 Å². The van der Waals surface area contributed by atoms with Crippen molar-refractivity contribution in [2.24, 2.45) is 0 Å². The maximum Gasteiger partial charge on any atom is 0.234 e. The second-order valence-electron chi connectivity index (χ2n) is 5.68. The molecule has 1 fully saturated rings. The predicted molar refractivity (Wildman–Crippen MR) is 83.3 cm³/mol. The number of amides is 1. The van der Waals surface area contributed by atoms with Crippen LogP contribution < -0.4 is 15.4 Å². The Bertz CT molecular complexity index is 478. The first kappa shape index (κ1) is 15.8. The SMILES string of the molecule is COc1ccccc1CNC(=O)CN1CC(C)NCC1C. The summed E-state index contributed by atoms with van der Waals surface area (Å²) in [5.74, 6) is 0.865. The second kappa shape index (κ2) is 7.43. The normalized spacial score (nSPS) is 22.8. The summed E-state index contributed by atoms with van der Waals surface area (Å²) in [5.41, 5.74) is 0.995. The van der Waals surface area contributed by atoms with Crippen LogP contribution in [0, 0.1) is 0 Å². The molecule has 2 rings (SSSR count). The van der Waals surface area contributed by atoms with Gasteiger partial charge in [-0.05, 0) is 19.9 Å². The van der Waals surface area contributed by atoms with Crippen molar-refractivity contribution in [3.63, 3.8) is 0 Å². The Kier molecular flexibility index (Phi) is 5.59. The van der Waals surface area contributed by atoms with E-state index in [4.69, 9.17) is 4.74 Å². The number of ether oxygens (including phenoxy) is 1. The molecule has 1 saturated heterocycles. The number of carbonyl (C=O) groups is 1. The van der Waals surface area contributed by atoms with E-state index >= 15 is 0 Å². The molecule has 0 saturated carbocycles. The van der Waals surface area contributed by atoms with Crippen LogP contribution in [0.25, 0.3) is 0 Å². The molecule has 1 heterocycles. The molecule has 1 aromatic carbocycles. The number of piperazine rings is 1. The van der Waals surface area contributed by atoms with Crippen LogP contribution in [0.1, 0.15) is 19.4 Å². The Hall–Kier alpha value is -1.59. The van der Waals surface area contributed by atoms with Gasteiger partial charge in [-0.25, -0.2) is 0 Å². The average Bonchev–Trinajstić information content (AvgIpc) is 2.49. The number of benzene rings is 1. The lowest BCUT2D eigenvalue weighted by Gasteiger charge is -2.36. The number of nitrogens with one attached hydrogen (secondary N) is 2. The molecule has 5 heteroatoms. The number of rotatable bonds is 5. The molecule has 0 aromatic heterocycles. The summed E-state index contributed by atoms with van der Waals surface area (Å²) in [4.78, 5) is 14.3. The summed E-state index contributed by atoms with van der Waals surface area (Å²) < 4.78 is 5.29. The summed E-state index contributed by atoms with van der Waals surface area (Å²) in [6.45, 7) is 7.07. The maximum absolute atomic E-state index is 12.1. The van der Waals surface area contributed by atoms with Gasteiger partial charge in [-0.15, -0.1) is 0 Å². The van der Waals surface area contributed by atoms with E-state index < -0.39 is 0 Å². The summed E-state index contributed by atoms with van der Waals surface area (Å²) in [6, 6.07) is 8.57. The predicted octanol–water partition coefficient (Wildman–Crippen LogP) is 0.994. The van der Waals surface area contributed by atoms with Crippen LogP contribution in [-0.2, 0) is 11.3 Å². The van der Waals surface area contributed by atoms with E-state index in [2.05, 4.69) is 29.4 Å². The molecular weight excluding hydrogens is 266 g/mol. The fourth-order valence-corrected chi connectivity index (χ4v) is 2.60. The van der Waals surface area contributed by atoms with Crippen molar-refractivity contribution in [1.82, 2.24) is 15.5 Å². The van der Waals surface area contributed by atoms with Crippen molar-refractivity contribution in [2.45, 2.75) is 32.5 Å². The summed E-state index contributed by atoms with van der Waals surface area (Å²) >= 11 is 0. The van der Waals surface area contributed by atoms with Crippen LogP contribution in [-0.4, -0.2) is 49.6 Å². The highest BCUT2D eigenvalue weighted by atomic mass is 16.5. The van der Waals surface area contributed by atoms with Crippen LogP contribution in [0.4, 0.5) is 0 Å². The van der Waals surface area contributed by atoms with E-state index in [0.717, 1.165) is 24.4 Å². The zero-order valence-electron chi connectivity index (χ0n) is 13.1. The molecule has 1 amide bonds. The van der Waals surface area contributed by atoms with Crippen molar-refractivity contribution < 1.29 is 9.53 Å². The first-order valence-electron chi connectivity index (χ1n) is 7.46. The molecule has 1 aliphatic heterocycles. The molecule has 2 unspecified atom stereocenters. The van der Waals surface area contributed by atoms with Crippen molar-refractivity contribution in [2.75, 3.05) is 26.7 Å². The van der Waals surface area contributed by atoms with Gasteiger partial charge >= 0.3 is 0 Å². The van der Waals surface area contributed by atoms with Gasteiger partial charge in [-0.1, -0.05) is 18.2 Å². The number of para-hydroxylation sites is 1. The van der Waals surface area contributed by atoms with Gasteiger partial charge in [0.2, 0.25) is 5.91 Å². The molecule has 5 nitrogen and oxygen atoms in total. The number of hydrogen-bond acceptors (Lipinski definition) is 4. The van der Waals surface area contributed by atoms with Crippen molar-refractivity contribution >= 4 is 5.91 Å². The minimum atomic E-state index is 0.0573. The molecule has 116 valence electrons. The molecule has 0 spiro atoms. The van der Waals surface area contributed by atoms with Gasteiger partial charge in [0.15, 0.2) is 0 Å². The highest BCUT2D eigenvalue weighted by Crippen LogP contribution is 2.16. The molecule has 0 aliphatic carbocycles. The quantitative estimate of drug-likeness (QED) is 0.849. The first-order chi connectivity index (χ1) is 10.1. The molecule has 0 radical (unpaired) electrons. The van der Waals surface area contributed by atoms with E-state index in [0.29, 0.717) is 25.2 Å². The van der Waals surface area contributed by atoms with Gasteiger partial charge < -0.3 is 15.4 Å². The lowest BCUT2D eigenvalue weighted by atomic mass is 10.1. The fraction of sp³-hybridized carbons (Fsp3) is 0.562. The van der Waals surface area contributed by atoms with Gasteiger partial charge in [-0.2, -0.15) is 0 Å². The average molecular weight is 291 g/mol. The fourth-order valence-electron chi connectivity index (χ4n) is 2.60. The standard InChI is InChI=1S/C16H25N3O2/c1-12-10-19(13(2)8-17-12)11-16(20)18-9-14-6-4-5-7-15(14)21-3/h4-7,12-13,17H,8-11H2,1-3H3,(H,18,20). The molecule has 21 heavy (non-hydrogen) atoms. The zero-order chi connectivity index (χ0) is 15.2. The van der Waals surface area contributed by atoms with E-state index in [1.54, 1.807) is 7.11 Å². The van der Waals surface area contributed by atoms with Crippen LogP contribution in [0.2, 0.25) is 0 Å². The van der Waals surface area contributed by atoms with E-state index in [-0.39, 0.29) is 5.91 Å². The number of hydrogen-bond donors (Lipinski definition) is 2. The van der Waals surface area contributed by atoms with E-state index in [1.807, 2.05) is 24.3 Å². The molecule has 0 bridgehead atoms. The van der Waals surface area contributed by atoms with Gasteiger partial charge in [0.25, 0.3) is 0 Å². The summed E-state index contributed by atoms with van der Waals surface area (Å²) in [7, 11) is 1.64. The Morgan fingerprint density at radius 1 is 1.43 bits per heavy atom. The minimum Gasteiger partial charge on any atom is -0.496 e. The third-order valence-electron chi connectivity index (χ3n) is 3.91. The third kappa shape index (κ3) is 4.44. The third-order valence-corrected chi connectivity index (χ3v) is 3.91. The summed E-state index contributed by atoms with van der Waals surface area (Å²) in [6.07, 6.45) is 0. The van der Waals surface area contributed by atoms with Crippen LogP contribution in [0.3, 0.4) is 0 Å². The topological polar surface area (TPSA) is 53.6 Å². The number of methoxy groups -OCH3 is 1. The van der Waals surface area contributed by atoms with Gasteiger partial charge in [-0.3, -0.25) is 9.69 Å². The molecule has 2 N–H and O–H groups in total. The number of carbonyl (C=O) groups excluding carboxylic acids is 1. The second-order valence-corrected chi connectivity index (χ2v) is 5.68. The minimum absolute atomic E-state index is 0.0573. The van der Waals surface area contributed by atoms with Gasteiger partial charge in [0, 0.05) is 37.3 Å². The van der Waals surface area contributed by atoms with Crippen LogP contribution in [0.15, 0.2) is 24.3 Å². The highest BCUT2D eigenvalue weighted by molar-refractivity contribution is 5.78. The Balaban J connectivity index is 1.84.